The average Bonchev–Trinajstić information content (AvgIpc) is 3.01. The molecule has 24 heavy (non-hydrogen) atoms. The van der Waals surface area contributed by atoms with Gasteiger partial charge < -0.3 is 19.1 Å². The smallest absolute Gasteiger partial charge is 0.226 e. The third kappa shape index (κ3) is 2.16. The van der Waals surface area contributed by atoms with Crippen molar-refractivity contribution in [3.05, 3.63) is 11.6 Å². The molecule has 2 amide bonds. The number of hydrogen-bond acceptors (Lipinski definition) is 5. The van der Waals surface area contributed by atoms with E-state index in [0.29, 0.717) is 44.4 Å². The van der Waals surface area contributed by atoms with E-state index in [1.54, 1.807) is 0 Å². The Morgan fingerprint density at radius 3 is 2.75 bits per heavy atom. The van der Waals surface area contributed by atoms with Gasteiger partial charge in [0.25, 0.3) is 0 Å². The second-order valence-electron chi connectivity index (χ2n) is 7.25. The van der Waals surface area contributed by atoms with Crippen molar-refractivity contribution in [1.29, 1.82) is 0 Å². The highest BCUT2D eigenvalue weighted by Crippen LogP contribution is 2.51. The minimum atomic E-state index is 0.162. The van der Waals surface area contributed by atoms with E-state index in [1.165, 1.54) is 0 Å². The summed E-state index contributed by atoms with van der Waals surface area (Å²) < 4.78 is 7.45. The van der Waals surface area contributed by atoms with Crippen LogP contribution in [0.3, 0.4) is 0 Å². The number of ether oxygens (including phenoxy) is 1. The van der Waals surface area contributed by atoms with Crippen LogP contribution in [0.5, 0.6) is 0 Å². The molecule has 2 saturated heterocycles. The number of likely N-dealkylation sites (tertiary alicyclic amines) is 1. The number of carbonyl (C=O) groups is 2. The van der Waals surface area contributed by atoms with Crippen LogP contribution in [0.2, 0.25) is 0 Å². The second-order valence-corrected chi connectivity index (χ2v) is 7.25. The summed E-state index contributed by atoms with van der Waals surface area (Å²) in [5.74, 6) is 3.15. The molecule has 0 aromatic carbocycles. The normalized spacial score (nSPS) is 31.3. The highest BCUT2D eigenvalue weighted by molar-refractivity contribution is 5.82. The van der Waals surface area contributed by atoms with Crippen molar-refractivity contribution >= 4 is 11.8 Å². The zero-order chi connectivity index (χ0) is 16.3. The lowest BCUT2D eigenvalue weighted by molar-refractivity contribution is -0.135. The van der Waals surface area contributed by atoms with Gasteiger partial charge in [0.1, 0.15) is 0 Å². The number of aromatic nitrogens is 3. The van der Waals surface area contributed by atoms with Gasteiger partial charge in [-0.2, -0.15) is 0 Å². The summed E-state index contributed by atoms with van der Waals surface area (Å²) in [4.78, 5) is 28.2. The second kappa shape index (κ2) is 5.27. The number of amides is 2. The quantitative estimate of drug-likeness (QED) is 0.755. The van der Waals surface area contributed by atoms with Gasteiger partial charge in [-0.1, -0.05) is 0 Å². The van der Waals surface area contributed by atoms with Gasteiger partial charge in [0.15, 0.2) is 11.6 Å². The van der Waals surface area contributed by atoms with E-state index in [0.717, 1.165) is 37.8 Å². The highest BCUT2D eigenvalue weighted by Gasteiger charge is 2.59. The van der Waals surface area contributed by atoms with Crippen molar-refractivity contribution in [1.82, 2.24) is 24.6 Å². The molecule has 4 heterocycles. The lowest BCUT2D eigenvalue weighted by Crippen LogP contribution is -2.40. The van der Waals surface area contributed by atoms with Crippen LogP contribution in [0.15, 0.2) is 0 Å². The minimum absolute atomic E-state index is 0.162. The molecule has 8 nitrogen and oxygen atoms in total. The Morgan fingerprint density at radius 2 is 2.00 bits per heavy atom. The van der Waals surface area contributed by atoms with Crippen molar-refractivity contribution in [2.75, 3.05) is 26.3 Å². The number of hydrogen-bond donors (Lipinski definition) is 0. The molecule has 0 N–H and O–H groups in total. The van der Waals surface area contributed by atoms with Crippen molar-refractivity contribution in [2.24, 2.45) is 17.8 Å². The van der Waals surface area contributed by atoms with Crippen LogP contribution >= 0.6 is 0 Å². The topological polar surface area (TPSA) is 80.6 Å². The SMILES string of the molecule is O=C1CCCN1Cc1nnc2n1CCN(C(=O)C1[C@H]3COC[C@@H]13)C2. The Labute approximate surface area is 139 Å². The molecule has 1 unspecified atom stereocenters. The Balaban J connectivity index is 1.27. The first-order valence-electron chi connectivity index (χ1n) is 8.77. The maximum Gasteiger partial charge on any atom is 0.226 e. The van der Waals surface area contributed by atoms with E-state index < -0.39 is 0 Å². The molecule has 0 spiro atoms. The van der Waals surface area contributed by atoms with E-state index in [2.05, 4.69) is 14.8 Å². The average molecular weight is 331 g/mol. The molecule has 128 valence electrons. The predicted octanol–water partition coefficient (Wildman–Crippen LogP) is -0.365. The fraction of sp³-hybridized carbons (Fsp3) is 0.750. The fourth-order valence-corrected chi connectivity index (χ4v) is 4.38. The zero-order valence-corrected chi connectivity index (χ0v) is 13.6. The summed E-state index contributed by atoms with van der Waals surface area (Å²) in [7, 11) is 0. The maximum absolute atomic E-state index is 12.7. The van der Waals surface area contributed by atoms with Crippen molar-refractivity contribution in [2.45, 2.75) is 32.5 Å². The van der Waals surface area contributed by atoms with Crippen LogP contribution in [-0.4, -0.2) is 62.7 Å². The molecule has 1 aromatic rings. The van der Waals surface area contributed by atoms with E-state index in [-0.39, 0.29) is 17.7 Å². The summed E-state index contributed by atoms with van der Waals surface area (Å²) in [6.07, 6.45) is 1.56. The zero-order valence-electron chi connectivity index (χ0n) is 13.6. The fourth-order valence-electron chi connectivity index (χ4n) is 4.38. The molecule has 4 aliphatic rings. The monoisotopic (exact) mass is 331 g/mol. The van der Waals surface area contributed by atoms with E-state index >= 15 is 0 Å². The lowest BCUT2D eigenvalue weighted by atomic mass is 10.2. The van der Waals surface area contributed by atoms with E-state index in [1.807, 2.05) is 9.80 Å². The Kier molecular flexibility index (Phi) is 3.16. The Bertz CT molecular complexity index is 692. The van der Waals surface area contributed by atoms with Crippen molar-refractivity contribution < 1.29 is 14.3 Å². The molecule has 5 rings (SSSR count). The maximum atomic E-state index is 12.7. The third-order valence-electron chi connectivity index (χ3n) is 5.88. The molecular formula is C16H21N5O3. The molecule has 1 aromatic heterocycles. The molecule has 1 aliphatic carbocycles. The number of fused-ring (bicyclic) bond motifs is 2. The van der Waals surface area contributed by atoms with Gasteiger partial charge in [0.05, 0.1) is 26.3 Å². The van der Waals surface area contributed by atoms with Crippen LogP contribution in [0, 0.1) is 17.8 Å². The molecule has 1 saturated carbocycles. The molecule has 0 radical (unpaired) electrons. The van der Waals surface area contributed by atoms with Crippen molar-refractivity contribution in [3.8, 4) is 0 Å². The van der Waals surface area contributed by atoms with E-state index in [9.17, 15) is 9.59 Å². The van der Waals surface area contributed by atoms with Gasteiger partial charge in [-0.3, -0.25) is 9.59 Å². The van der Waals surface area contributed by atoms with Crippen LogP contribution in [0.25, 0.3) is 0 Å². The first-order valence-corrected chi connectivity index (χ1v) is 8.77. The summed E-state index contributed by atoms with van der Waals surface area (Å²) in [5, 5.41) is 8.53. The first-order chi connectivity index (χ1) is 11.7. The van der Waals surface area contributed by atoms with Gasteiger partial charge in [-0.25, -0.2) is 0 Å². The minimum Gasteiger partial charge on any atom is -0.381 e. The molecule has 3 fully saturated rings. The van der Waals surface area contributed by atoms with Crippen LogP contribution in [0.1, 0.15) is 24.5 Å². The standard InChI is InChI=1S/C16H21N5O3/c22-14-2-1-3-19(14)6-12-17-18-13-7-20(4-5-21(12)13)16(23)15-10-8-24-9-11(10)15/h10-11,15H,1-9H2/t10-,11+,15?. The molecule has 0 bridgehead atoms. The summed E-state index contributed by atoms with van der Waals surface area (Å²) in [6.45, 7) is 4.74. The van der Waals surface area contributed by atoms with Crippen LogP contribution in [-0.2, 0) is 34.0 Å². The summed E-state index contributed by atoms with van der Waals surface area (Å²) in [5.41, 5.74) is 0. The van der Waals surface area contributed by atoms with Gasteiger partial charge in [-0.15, -0.1) is 10.2 Å². The summed E-state index contributed by atoms with van der Waals surface area (Å²) >= 11 is 0. The van der Waals surface area contributed by atoms with Gasteiger partial charge in [0.2, 0.25) is 11.8 Å². The van der Waals surface area contributed by atoms with Crippen LogP contribution < -0.4 is 0 Å². The van der Waals surface area contributed by atoms with Gasteiger partial charge in [-0.05, 0) is 18.3 Å². The molecule has 8 heteroatoms. The van der Waals surface area contributed by atoms with E-state index in [4.69, 9.17) is 4.74 Å². The Hall–Kier alpha value is -1.96. The van der Waals surface area contributed by atoms with Crippen LogP contribution in [0.4, 0.5) is 0 Å². The largest absolute Gasteiger partial charge is 0.381 e. The molecule has 3 atom stereocenters. The van der Waals surface area contributed by atoms with Gasteiger partial charge in [0, 0.05) is 32.0 Å². The highest BCUT2D eigenvalue weighted by atomic mass is 16.5. The Morgan fingerprint density at radius 1 is 1.17 bits per heavy atom. The number of carbonyl (C=O) groups excluding carboxylic acids is 2. The van der Waals surface area contributed by atoms with Gasteiger partial charge >= 0.3 is 0 Å². The molecule has 3 aliphatic heterocycles. The first kappa shape index (κ1) is 14.4. The molecular weight excluding hydrogens is 310 g/mol. The number of nitrogens with zero attached hydrogens (tertiary/aromatic N) is 5. The predicted molar refractivity (Wildman–Crippen MR) is 81.4 cm³/mol. The van der Waals surface area contributed by atoms with Crippen molar-refractivity contribution in [3.63, 3.8) is 0 Å². The third-order valence-corrected chi connectivity index (χ3v) is 5.88. The lowest BCUT2D eigenvalue weighted by Gasteiger charge is -2.29. The summed E-state index contributed by atoms with van der Waals surface area (Å²) in [6, 6.07) is 0. The number of rotatable bonds is 3.